The molecule has 0 spiro atoms. The summed E-state index contributed by atoms with van der Waals surface area (Å²) in [7, 11) is 0. The SMILES string of the molecule is CC(c1noc(-c2ccc(Cl)cc2F)n1)N1CCNCC1. The van der Waals surface area contributed by atoms with E-state index in [2.05, 4.69) is 20.4 Å². The Morgan fingerprint density at radius 2 is 2.14 bits per heavy atom. The van der Waals surface area contributed by atoms with Gasteiger partial charge in [-0.05, 0) is 25.1 Å². The molecule has 1 aliphatic rings. The summed E-state index contributed by atoms with van der Waals surface area (Å²) in [6.07, 6.45) is 0. The molecule has 1 atom stereocenters. The molecule has 5 nitrogen and oxygen atoms in total. The standard InChI is InChI=1S/C14H16ClFN4O/c1-9(20-6-4-17-5-7-20)13-18-14(21-19-13)11-3-2-10(15)8-12(11)16/h2-3,8-9,17H,4-7H2,1H3. The van der Waals surface area contributed by atoms with Crippen LogP contribution < -0.4 is 5.32 Å². The fraction of sp³-hybridized carbons (Fsp3) is 0.429. The normalized spacial score (nSPS) is 17.9. The Bertz CT molecular complexity index is 627. The van der Waals surface area contributed by atoms with E-state index < -0.39 is 5.82 Å². The van der Waals surface area contributed by atoms with Gasteiger partial charge < -0.3 is 9.84 Å². The maximum Gasteiger partial charge on any atom is 0.260 e. The Balaban J connectivity index is 1.82. The van der Waals surface area contributed by atoms with E-state index in [4.69, 9.17) is 16.1 Å². The van der Waals surface area contributed by atoms with Gasteiger partial charge in [-0.25, -0.2) is 4.39 Å². The van der Waals surface area contributed by atoms with E-state index >= 15 is 0 Å². The molecule has 2 aromatic rings. The summed E-state index contributed by atoms with van der Waals surface area (Å²) < 4.78 is 19.1. The van der Waals surface area contributed by atoms with Crippen molar-refractivity contribution in [2.75, 3.05) is 26.2 Å². The molecular formula is C14H16ClFN4O. The minimum absolute atomic E-state index is 0.0416. The van der Waals surface area contributed by atoms with Crippen LogP contribution in [0.4, 0.5) is 4.39 Å². The van der Waals surface area contributed by atoms with Crippen molar-refractivity contribution < 1.29 is 8.91 Å². The Labute approximate surface area is 127 Å². The number of benzene rings is 1. The van der Waals surface area contributed by atoms with E-state index in [1.54, 1.807) is 12.1 Å². The van der Waals surface area contributed by atoms with Gasteiger partial charge in [0, 0.05) is 31.2 Å². The predicted molar refractivity (Wildman–Crippen MR) is 77.6 cm³/mol. The molecule has 112 valence electrons. The zero-order valence-corrected chi connectivity index (χ0v) is 12.4. The first-order chi connectivity index (χ1) is 10.1. The lowest BCUT2D eigenvalue weighted by Gasteiger charge is -2.30. The molecule has 2 heterocycles. The fourth-order valence-corrected chi connectivity index (χ4v) is 2.57. The van der Waals surface area contributed by atoms with Gasteiger partial charge in [0.25, 0.3) is 5.89 Å². The van der Waals surface area contributed by atoms with Crippen LogP contribution in [0.25, 0.3) is 11.5 Å². The maximum absolute atomic E-state index is 13.9. The molecule has 7 heteroatoms. The number of halogens is 2. The number of piperazine rings is 1. The molecule has 0 radical (unpaired) electrons. The van der Waals surface area contributed by atoms with Crippen LogP contribution in [0.2, 0.25) is 5.02 Å². The van der Waals surface area contributed by atoms with Crippen LogP contribution in [0.5, 0.6) is 0 Å². The average molecular weight is 311 g/mol. The van der Waals surface area contributed by atoms with Gasteiger partial charge in [-0.3, -0.25) is 4.90 Å². The van der Waals surface area contributed by atoms with Gasteiger partial charge in [-0.2, -0.15) is 4.98 Å². The molecule has 1 aromatic heterocycles. The molecule has 0 saturated carbocycles. The number of aromatic nitrogens is 2. The number of rotatable bonds is 3. The summed E-state index contributed by atoms with van der Waals surface area (Å²) in [5.74, 6) is 0.287. The van der Waals surface area contributed by atoms with Crippen LogP contribution in [-0.4, -0.2) is 41.2 Å². The Morgan fingerprint density at radius 1 is 1.38 bits per heavy atom. The number of hydrogen-bond donors (Lipinski definition) is 1. The highest BCUT2D eigenvalue weighted by Gasteiger charge is 2.23. The Kier molecular flexibility index (Phi) is 4.19. The molecule has 0 amide bonds. The van der Waals surface area contributed by atoms with Gasteiger partial charge in [-0.1, -0.05) is 16.8 Å². The lowest BCUT2D eigenvalue weighted by atomic mass is 10.2. The topological polar surface area (TPSA) is 54.2 Å². The van der Waals surface area contributed by atoms with E-state index in [9.17, 15) is 4.39 Å². The summed E-state index contributed by atoms with van der Waals surface area (Å²) in [4.78, 5) is 6.59. The van der Waals surface area contributed by atoms with Crippen molar-refractivity contribution in [1.82, 2.24) is 20.4 Å². The van der Waals surface area contributed by atoms with Crippen molar-refractivity contribution >= 4 is 11.6 Å². The number of hydrogen-bond acceptors (Lipinski definition) is 5. The van der Waals surface area contributed by atoms with Crippen LogP contribution in [0, 0.1) is 5.82 Å². The molecule has 21 heavy (non-hydrogen) atoms. The first-order valence-electron chi connectivity index (χ1n) is 6.89. The average Bonchev–Trinajstić information content (AvgIpc) is 2.97. The largest absolute Gasteiger partial charge is 0.334 e. The van der Waals surface area contributed by atoms with Gasteiger partial charge in [0.05, 0.1) is 11.6 Å². The molecule has 0 aliphatic carbocycles. The minimum atomic E-state index is -0.465. The summed E-state index contributed by atoms with van der Waals surface area (Å²) in [6, 6.07) is 4.43. The highest BCUT2D eigenvalue weighted by atomic mass is 35.5. The Morgan fingerprint density at radius 3 is 2.86 bits per heavy atom. The van der Waals surface area contributed by atoms with E-state index in [-0.39, 0.29) is 17.5 Å². The van der Waals surface area contributed by atoms with E-state index in [1.807, 2.05) is 6.92 Å². The second kappa shape index (κ2) is 6.09. The van der Waals surface area contributed by atoms with Crippen LogP contribution in [-0.2, 0) is 0 Å². The molecule has 1 aliphatic heterocycles. The van der Waals surface area contributed by atoms with Crippen LogP contribution in [0.3, 0.4) is 0 Å². The van der Waals surface area contributed by atoms with Gasteiger partial charge >= 0.3 is 0 Å². The highest BCUT2D eigenvalue weighted by Crippen LogP contribution is 2.26. The molecule has 3 rings (SSSR count). The molecule has 0 bridgehead atoms. The molecule has 1 saturated heterocycles. The van der Waals surface area contributed by atoms with Crippen molar-refractivity contribution in [3.05, 3.63) is 34.9 Å². The molecule has 1 aromatic carbocycles. The highest BCUT2D eigenvalue weighted by molar-refractivity contribution is 6.30. The molecular weight excluding hydrogens is 295 g/mol. The third kappa shape index (κ3) is 3.07. The van der Waals surface area contributed by atoms with Crippen molar-refractivity contribution in [3.63, 3.8) is 0 Å². The monoisotopic (exact) mass is 310 g/mol. The van der Waals surface area contributed by atoms with Gasteiger partial charge in [0.2, 0.25) is 0 Å². The first kappa shape index (κ1) is 14.4. The second-order valence-electron chi connectivity index (χ2n) is 5.04. The summed E-state index contributed by atoms with van der Waals surface area (Å²) in [5, 5.41) is 7.62. The van der Waals surface area contributed by atoms with E-state index in [0.717, 1.165) is 26.2 Å². The molecule has 1 unspecified atom stereocenters. The van der Waals surface area contributed by atoms with Crippen molar-refractivity contribution in [3.8, 4) is 11.5 Å². The van der Waals surface area contributed by atoms with Gasteiger partial charge in [0.15, 0.2) is 5.82 Å². The number of nitrogens with zero attached hydrogens (tertiary/aromatic N) is 3. The third-order valence-electron chi connectivity index (χ3n) is 3.68. The Hall–Kier alpha value is -1.50. The lowest BCUT2D eigenvalue weighted by molar-refractivity contribution is 0.176. The van der Waals surface area contributed by atoms with Crippen molar-refractivity contribution in [2.24, 2.45) is 0 Å². The van der Waals surface area contributed by atoms with Crippen molar-refractivity contribution in [2.45, 2.75) is 13.0 Å². The lowest BCUT2D eigenvalue weighted by Crippen LogP contribution is -2.44. The molecule has 1 fully saturated rings. The van der Waals surface area contributed by atoms with E-state index in [0.29, 0.717) is 10.8 Å². The first-order valence-corrected chi connectivity index (χ1v) is 7.27. The summed E-state index contributed by atoms with van der Waals surface area (Å²) in [6.45, 7) is 5.78. The quantitative estimate of drug-likeness (QED) is 0.944. The molecule has 1 N–H and O–H groups in total. The predicted octanol–water partition coefficient (Wildman–Crippen LogP) is 2.50. The van der Waals surface area contributed by atoms with Crippen LogP contribution in [0.1, 0.15) is 18.8 Å². The zero-order chi connectivity index (χ0) is 14.8. The third-order valence-corrected chi connectivity index (χ3v) is 3.91. The summed E-state index contributed by atoms with van der Waals surface area (Å²) in [5.41, 5.74) is 0.269. The summed E-state index contributed by atoms with van der Waals surface area (Å²) >= 11 is 5.74. The van der Waals surface area contributed by atoms with Gasteiger partial charge in [-0.15, -0.1) is 0 Å². The van der Waals surface area contributed by atoms with Crippen molar-refractivity contribution in [1.29, 1.82) is 0 Å². The maximum atomic E-state index is 13.9. The van der Waals surface area contributed by atoms with Crippen LogP contribution >= 0.6 is 11.6 Å². The number of nitrogens with one attached hydrogen (secondary N) is 1. The zero-order valence-electron chi connectivity index (χ0n) is 11.6. The van der Waals surface area contributed by atoms with Gasteiger partial charge in [0.1, 0.15) is 5.82 Å². The minimum Gasteiger partial charge on any atom is -0.334 e. The second-order valence-corrected chi connectivity index (χ2v) is 5.48. The van der Waals surface area contributed by atoms with E-state index in [1.165, 1.54) is 6.07 Å². The van der Waals surface area contributed by atoms with Crippen LogP contribution in [0.15, 0.2) is 22.7 Å². The fourth-order valence-electron chi connectivity index (χ4n) is 2.41. The smallest absolute Gasteiger partial charge is 0.260 e.